The molecule has 0 radical (unpaired) electrons. The van der Waals surface area contributed by atoms with Crippen LogP contribution in [0.2, 0.25) is 0 Å². The average molecular weight is 358 g/mol. The summed E-state index contributed by atoms with van der Waals surface area (Å²) in [5.41, 5.74) is 0.876. The van der Waals surface area contributed by atoms with Gasteiger partial charge in [-0.2, -0.15) is 0 Å². The van der Waals surface area contributed by atoms with Crippen molar-refractivity contribution in [3.8, 4) is 11.4 Å². The zero-order valence-corrected chi connectivity index (χ0v) is 14.9. The van der Waals surface area contributed by atoms with E-state index in [9.17, 15) is 4.79 Å². The first-order valence-corrected chi connectivity index (χ1v) is 8.24. The molecule has 0 aliphatic carbocycles. The van der Waals surface area contributed by atoms with E-state index in [0.717, 1.165) is 11.3 Å². The Balaban J connectivity index is 2.40. The fraction of sp³-hybridized carbons (Fsp3) is 0.250. The molecule has 0 saturated heterocycles. The van der Waals surface area contributed by atoms with E-state index in [4.69, 9.17) is 4.74 Å². The predicted molar refractivity (Wildman–Crippen MR) is 99.4 cm³/mol. The maximum atomic E-state index is 12.4. The van der Waals surface area contributed by atoms with Gasteiger partial charge in [-0.25, -0.2) is 14.8 Å². The molecule has 9 heteroatoms. The minimum absolute atomic E-state index is 0.245. The second-order valence-corrected chi connectivity index (χ2v) is 5.93. The molecule has 2 rings (SSSR count). The molecule has 2 heterocycles. The van der Waals surface area contributed by atoms with Gasteiger partial charge in [0.2, 0.25) is 5.96 Å². The van der Waals surface area contributed by atoms with Crippen LogP contribution in [0.3, 0.4) is 0 Å². The molecule has 2 aromatic heterocycles. The third-order valence-corrected chi connectivity index (χ3v) is 3.64. The minimum atomic E-state index is -0.467. The summed E-state index contributed by atoms with van der Waals surface area (Å²) in [6.45, 7) is 7.13. The number of nitrogens with one attached hydrogen (secondary N) is 1. The maximum absolute atomic E-state index is 12.4. The number of carbonyl (C=O) groups is 1. The molecular weight excluding hydrogens is 340 g/mol. The van der Waals surface area contributed by atoms with Gasteiger partial charge in [-0.3, -0.25) is 15.0 Å². The highest BCUT2D eigenvalue weighted by Gasteiger charge is 2.23. The zero-order valence-electron chi connectivity index (χ0n) is 14.1. The largest absolute Gasteiger partial charge is 0.459 e. The number of guanidine groups is 1. The summed E-state index contributed by atoms with van der Waals surface area (Å²) in [4.78, 5) is 33.5. The number of rotatable bonds is 5. The number of nitrogens with zero attached hydrogens (tertiary/aromatic N) is 5. The summed E-state index contributed by atoms with van der Waals surface area (Å²) in [5.74, 6) is -0.131. The van der Waals surface area contributed by atoms with Crippen molar-refractivity contribution in [2.75, 3.05) is 12.4 Å². The van der Waals surface area contributed by atoms with Crippen molar-refractivity contribution in [2.45, 2.75) is 20.0 Å². The van der Waals surface area contributed by atoms with Gasteiger partial charge in [0.25, 0.3) is 0 Å². The minimum Gasteiger partial charge on any atom is -0.459 e. The van der Waals surface area contributed by atoms with Crippen LogP contribution < -0.4 is 5.32 Å². The van der Waals surface area contributed by atoms with Crippen LogP contribution in [-0.4, -0.2) is 46.2 Å². The number of aromatic nitrogens is 3. The molecule has 0 bridgehead atoms. The zero-order chi connectivity index (χ0) is 18.2. The van der Waals surface area contributed by atoms with Crippen LogP contribution in [-0.2, 0) is 4.74 Å². The van der Waals surface area contributed by atoms with E-state index in [0.29, 0.717) is 27.4 Å². The van der Waals surface area contributed by atoms with Crippen LogP contribution in [0.4, 0.5) is 5.13 Å². The molecule has 0 saturated carbocycles. The van der Waals surface area contributed by atoms with Crippen LogP contribution in [0.5, 0.6) is 0 Å². The summed E-state index contributed by atoms with van der Waals surface area (Å²) < 4.78 is 5.29. The Morgan fingerprint density at radius 1 is 1.44 bits per heavy atom. The Hall–Kier alpha value is -2.94. The Morgan fingerprint density at radius 2 is 2.24 bits per heavy atom. The molecular formula is C16H18N6O2S. The number of ether oxygens (including phenoxy) is 1. The lowest BCUT2D eigenvalue weighted by Gasteiger charge is -2.06. The lowest BCUT2D eigenvalue weighted by molar-refractivity contribution is 0.0384. The number of carbonyl (C=O) groups excluding carboxylic acids is 1. The number of aliphatic imine (C=N–C) groups is 2. The van der Waals surface area contributed by atoms with E-state index in [2.05, 4.69) is 36.8 Å². The summed E-state index contributed by atoms with van der Waals surface area (Å²) in [6, 6.07) is 0. The highest BCUT2D eigenvalue weighted by Crippen LogP contribution is 2.30. The molecule has 0 amide bonds. The lowest BCUT2D eigenvalue weighted by atomic mass is 10.3. The second kappa shape index (κ2) is 8.78. The first kappa shape index (κ1) is 18.4. The number of esters is 1. The van der Waals surface area contributed by atoms with Gasteiger partial charge in [0, 0.05) is 25.7 Å². The van der Waals surface area contributed by atoms with Gasteiger partial charge in [-0.1, -0.05) is 24.0 Å². The molecule has 8 nitrogen and oxygen atoms in total. The Bertz CT molecular complexity index is 798. The van der Waals surface area contributed by atoms with E-state index >= 15 is 0 Å². The number of thiazole rings is 1. The third-order valence-electron chi connectivity index (χ3n) is 2.69. The molecule has 0 unspecified atom stereocenters. The lowest BCUT2D eigenvalue weighted by Crippen LogP contribution is -2.11. The van der Waals surface area contributed by atoms with Gasteiger partial charge in [0.05, 0.1) is 12.3 Å². The van der Waals surface area contributed by atoms with Crippen LogP contribution >= 0.6 is 11.3 Å². The third kappa shape index (κ3) is 5.01. The van der Waals surface area contributed by atoms with Crippen molar-refractivity contribution in [1.82, 2.24) is 15.0 Å². The number of hydrogen-bond donors (Lipinski definition) is 1. The topological polar surface area (TPSA) is 102 Å². The summed E-state index contributed by atoms with van der Waals surface area (Å²) in [6.07, 6.45) is 7.41. The molecule has 130 valence electrons. The van der Waals surface area contributed by atoms with Crippen molar-refractivity contribution in [2.24, 2.45) is 9.98 Å². The predicted octanol–water partition coefficient (Wildman–Crippen LogP) is 2.82. The monoisotopic (exact) mass is 358 g/mol. The van der Waals surface area contributed by atoms with Gasteiger partial charge in [-0.05, 0) is 13.8 Å². The SMILES string of the molecule is C=C/C=N\C(=NC)Nc1nc(-c2cnccn2)c(C(=O)OC(C)C)s1. The van der Waals surface area contributed by atoms with Crippen molar-refractivity contribution < 1.29 is 9.53 Å². The first-order chi connectivity index (χ1) is 12.0. The summed E-state index contributed by atoms with van der Waals surface area (Å²) in [7, 11) is 1.59. The number of allylic oxidation sites excluding steroid dienone is 1. The van der Waals surface area contributed by atoms with Crippen molar-refractivity contribution >= 4 is 34.6 Å². The van der Waals surface area contributed by atoms with Crippen molar-refractivity contribution in [1.29, 1.82) is 0 Å². The van der Waals surface area contributed by atoms with Crippen molar-refractivity contribution in [3.63, 3.8) is 0 Å². The van der Waals surface area contributed by atoms with Crippen molar-refractivity contribution in [3.05, 3.63) is 36.1 Å². The highest BCUT2D eigenvalue weighted by molar-refractivity contribution is 7.18. The van der Waals surface area contributed by atoms with E-state index in [1.54, 1.807) is 27.1 Å². The molecule has 1 N–H and O–H groups in total. The van der Waals surface area contributed by atoms with Crippen LogP contribution in [0.15, 0.2) is 41.2 Å². The Labute approximate surface area is 149 Å². The normalized spacial score (nSPS) is 11.8. The van der Waals surface area contributed by atoms with E-state index in [1.165, 1.54) is 24.7 Å². The van der Waals surface area contributed by atoms with Gasteiger partial charge >= 0.3 is 5.97 Å². The fourth-order valence-electron chi connectivity index (χ4n) is 1.74. The molecule has 0 atom stereocenters. The molecule has 25 heavy (non-hydrogen) atoms. The summed E-state index contributed by atoms with van der Waals surface area (Å²) >= 11 is 1.14. The molecule has 2 aromatic rings. The fourth-order valence-corrected chi connectivity index (χ4v) is 2.59. The molecule has 0 fully saturated rings. The van der Waals surface area contributed by atoms with E-state index in [1.807, 2.05) is 0 Å². The quantitative estimate of drug-likeness (QED) is 0.501. The Kier molecular flexibility index (Phi) is 6.47. The average Bonchev–Trinajstić information content (AvgIpc) is 3.03. The maximum Gasteiger partial charge on any atom is 0.351 e. The molecule has 0 aliphatic heterocycles. The molecule has 0 aliphatic rings. The summed E-state index contributed by atoms with van der Waals surface area (Å²) in [5, 5.41) is 3.40. The standard InChI is InChI=1S/C16H18N6O2S/c1-5-6-20-15(17-4)22-16-21-12(11-9-18-7-8-19-11)13(25-16)14(23)24-10(2)3/h5-10H,1H2,2-4H3,(H,17,21,22)/b20-6-. The number of hydrogen-bond acceptors (Lipinski definition) is 7. The van der Waals surface area contributed by atoms with Crippen LogP contribution in [0.1, 0.15) is 23.5 Å². The highest BCUT2D eigenvalue weighted by atomic mass is 32.1. The van der Waals surface area contributed by atoms with Gasteiger partial charge in [-0.15, -0.1) is 0 Å². The van der Waals surface area contributed by atoms with E-state index < -0.39 is 5.97 Å². The van der Waals surface area contributed by atoms with Gasteiger partial charge in [0.1, 0.15) is 16.3 Å². The first-order valence-electron chi connectivity index (χ1n) is 7.42. The van der Waals surface area contributed by atoms with Crippen LogP contribution in [0, 0.1) is 0 Å². The van der Waals surface area contributed by atoms with Crippen LogP contribution in [0.25, 0.3) is 11.4 Å². The van der Waals surface area contributed by atoms with Gasteiger partial charge < -0.3 is 10.1 Å². The molecule has 0 aromatic carbocycles. The smallest absolute Gasteiger partial charge is 0.351 e. The number of anilines is 1. The van der Waals surface area contributed by atoms with E-state index in [-0.39, 0.29) is 6.10 Å². The van der Waals surface area contributed by atoms with Gasteiger partial charge in [0.15, 0.2) is 5.13 Å². The second-order valence-electron chi connectivity index (χ2n) is 4.93. The molecule has 0 spiro atoms. The Morgan fingerprint density at radius 3 is 2.84 bits per heavy atom.